The molecule has 1 N–H and O–H groups in total. The van der Waals surface area contributed by atoms with Crippen LogP contribution in [0.5, 0.6) is 0 Å². The number of hydrogen-bond donors (Lipinski definition) is 1. The van der Waals surface area contributed by atoms with E-state index in [4.69, 9.17) is 9.84 Å². The first-order valence-corrected chi connectivity index (χ1v) is 7.81. The standard InChI is InChI=1S/C12H20N2O4S/c1-3-11-7-14(4-5-18-11)19(16,17)12-6-10(9-15)13(2)8-12/h6,8,11,15H,3-5,7,9H2,1-2H3. The van der Waals surface area contributed by atoms with E-state index in [1.165, 1.54) is 16.6 Å². The van der Waals surface area contributed by atoms with Gasteiger partial charge in [0.1, 0.15) is 4.90 Å². The summed E-state index contributed by atoms with van der Waals surface area (Å²) in [7, 11) is -1.77. The molecular weight excluding hydrogens is 268 g/mol. The number of ether oxygens (including phenoxy) is 1. The molecule has 2 rings (SSSR count). The molecule has 1 aromatic rings. The molecule has 2 heterocycles. The second-order valence-electron chi connectivity index (χ2n) is 4.70. The third kappa shape index (κ3) is 2.84. The molecule has 7 heteroatoms. The quantitative estimate of drug-likeness (QED) is 0.866. The Morgan fingerprint density at radius 1 is 1.53 bits per heavy atom. The highest BCUT2D eigenvalue weighted by Gasteiger charge is 2.31. The zero-order valence-corrected chi connectivity index (χ0v) is 12.1. The fourth-order valence-electron chi connectivity index (χ4n) is 2.18. The van der Waals surface area contributed by atoms with Crippen molar-refractivity contribution in [2.75, 3.05) is 19.7 Å². The SMILES string of the molecule is CCC1CN(S(=O)(=O)c2cc(CO)n(C)c2)CCO1. The minimum Gasteiger partial charge on any atom is -0.390 e. The fraction of sp³-hybridized carbons (Fsp3) is 0.667. The lowest BCUT2D eigenvalue weighted by Gasteiger charge is -2.31. The van der Waals surface area contributed by atoms with Gasteiger partial charge in [-0.2, -0.15) is 4.31 Å². The van der Waals surface area contributed by atoms with Gasteiger partial charge in [0, 0.05) is 32.0 Å². The summed E-state index contributed by atoms with van der Waals surface area (Å²) in [5.41, 5.74) is 0.582. The van der Waals surface area contributed by atoms with Gasteiger partial charge in [0.2, 0.25) is 10.0 Å². The average Bonchev–Trinajstić information content (AvgIpc) is 2.80. The molecule has 1 saturated heterocycles. The highest BCUT2D eigenvalue weighted by Crippen LogP contribution is 2.21. The lowest BCUT2D eigenvalue weighted by Crippen LogP contribution is -2.45. The fourth-order valence-corrected chi connectivity index (χ4v) is 3.73. The van der Waals surface area contributed by atoms with Gasteiger partial charge in [-0.25, -0.2) is 8.42 Å². The Hall–Kier alpha value is -0.890. The van der Waals surface area contributed by atoms with Crippen molar-refractivity contribution in [3.8, 4) is 0 Å². The summed E-state index contributed by atoms with van der Waals surface area (Å²) >= 11 is 0. The first-order chi connectivity index (χ1) is 8.98. The molecule has 1 atom stereocenters. The van der Waals surface area contributed by atoms with Crippen LogP contribution in [0.4, 0.5) is 0 Å². The summed E-state index contributed by atoms with van der Waals surface area (Å²) in [5.74, 6) is 0. The smallest absolute Gasteiger partial charge is 0.244 e. The molecule has 0 aliphatic carbocycles. The molecule has 0 amide bonds. The molecule has 0 bridgehead atoms. The Morgan fingerprint density at radius 2 is 2.26 bits per heavy atom. The van der Waals surface area contributed by atoms with E-state index in [0.29, 0.717) is 25.4 Å². The van der Waals surface area contributed by atoms with Crippen LogP contribution in [-0.4, -0.2) is 48.2 Å². The summed E-state index contributed by atoms with van der Waals surface area (Å²) in [5, 5.41) is 9.14. The minimum absolute atomic E-state index is 0.0375. The highest BCUT2D eigenvalue weighted by atomic mass is 32.2. The predicted octanol–water partition coefficient (Wildman–Crippen LogP) is 0.317. The minimum atomic E-state index is -3.50. The maximum Gasteiger partial charge on any atom is 0.244 e. The van der Waals surface area contributed by atoms with E-state index in [9.17, 15) is 8.42 Å². The lowest BCUT2D eigenvalue weighted by molar-refractivity contribution is -0.00277. The molecule has 6 nitrogen and oxygen atoms in total. The first-order valence-electron chi connectivity index (χ1n) is 6.37. The van der Waals surface area contributed by atoms with Crippen LogP contribution in [0.1, 0.15) is 19.0 Å². The lowest BCUT2D eigenvalue weighted by atomic mass is 10.2. The van der Waals surface area contributed by atoms with Gasteiger partial charge in [-0.3, -0.25) is 0 Å². The molecule has 1 unspecified atom stereocenters. The van der Waals surface area contributed by atoms with Crippen LogP contribution < -0.4 is 0 Å². The van der Waals surface area contributed by atoms with Crippen LogP contribution in [0.3, 0.4) is 0 Å². The zero-order chi connectivity index (χ0) is 14.0. The van der Waals surface area contributed by atoms with Gasteiger partial charge >= 0.3 is 0 Å². The van der Waals surface area contributed by atoms with Crippen molar-refractivity contribution < 1.29 is 18.3 Å². The van der Waals surface area contributed by atoms with E-state index in [-0.39, 0.29) is 17.6 Å². The van der Waals surface area contributed by atoms with Gasteiger partial charge in [0.15, 0.2) is 0 Å². The Kier molecular flexibility index (Phi) is 4.29. The molecule has 1 aromatic heterocycles. The predicted molar refractivity (Wildman–Crippen MR) is 70.1 cm³/mol. The molecule has 0 spiro atoms. The van der Waals surface area contributed by atoms with E-state index in [2.05, 4.69) is 0 Å². The van der Waals surface area contributed by atoms with Crippen LogP contribution in [0.2, 0.25) is 0 Å². The Morgan fingerprint density at radius 3 is 2.84 bits per heavy atom. The average molecular weight is 288 g/mol. The number of aliphatic hydroxyl groups is 1. The number of aromatic nitrogens is 1. The number of aryl methyl sites for hydroxylation is 1. The summed E-state index contributed by atoms with van der Waals surface area (Å²) < 4.78 is 33.6. The van der Waals surface area contributed by atoms with Gasteiger partial charge in [0.25, 0.3) is 0 Å². The van der Waals surface area contributed by atoms with E-state index in [1.54, 1.807) is 11.6 Å². The maximum atomic E-state index is 12.5. The zero-order valence-electron chi connectivity index (χ0n) is 11.2. The van der Waals surface area contributed by atoms with Crippen molar-refractivity contribution in [1.82, 2.24) is 8.87 Å². The molecule has 19 heavy (non-hydrogen) atoms. The van der Waals surface area contributed by atoms with Crippen molar-refractivity contribution in [2.45, 2.75) is 31.0 Å². The second-order valence-corrected chi connectivity index (χ2v) is 6.64. The van der Waals surface area contributed by atoms with Crippen molar-refractivity contribution in [3.63, 3.8) is 0 Å². The molecule has 1 aliphatic heterocycles. The Bertz CT molecular complexity index is 538. The number of rotatable bonds is 4. The number of aliphatic hydroxyl groups excluding tert-OH is 1. The van der Waals surface area contributed by atoms with Gasteiger partial charge in [-0.05, 0) is 12.5 Å². The second kappa shape index (κ2) is 5.62. The van der Waals surface area contributed by atoms with Crippen LogP contribution in [-0.2, 0) is 28.4 Å². The number of morpholine rings is 1. The van der Waals surface area contributed by atoms with Crippen molar-refractivity contribution in [3.05, 3.63) is 18.0 Å². The topological polar surface area (TPSA) is 71.8 Å². The normalized spacial score (nSPS) is 21.7. The third-order valence-electron chi connectivity index (χ3n) is 3.44. The maximum absolute atomic E-state index is 12.5. The number of nitrogens with zero attached hydrogens (tertiary/aromatic N) is 2. The molecular formula is C12H20N2O4S. The van der Waals surface area contributed by atoms with Crippen molar-refractivity contribution in [1.29, 1.82) is 0 Å². The van der Waals surface area contributed by atoms with Crippen LogP contribution in [0.25, 0.3) is 0 Å². The van der Waals surface area contributed by atoms with E-state index in [0.717, 1.165) is 6.42 Å². The van der Waals surface area contributed by atoms with E-state index < -0.39 is 10.0 Å². The van der Waals surface area contributed by atoms with Crippen molar-refractivity contribution >= 4 is 10.0 Å². The van der Waals surface area contributed by atoms with E-state index >= 15 is 0 Å². The van der Waals surface area contributed by atoms with Crippen LogP contribution >= 0.6 is 0 Å². The highest BCUT2D eigenvalue weighted by molar-refractivity contribution is 7.89. The van der Waals surface area contributed by atoms with Gasteiger partial charge in [0.05, 0.1) is 19.3 Å². The van der Waals surface area contributed by atoms with Gasteiger partial charge < -0.3 is 14.4 Å². The summed E-state index contributed by atoms with van der Waals surface area (Å²) in [6, 6.07) is 1.52. The van der Waals surface area contributed by atoms with Crippen LogP contribution in [0.15, 0.2) is 17.2 Å². The molecule has 0 aromatic carbocycles. The van der Waals surface area contributed by atoms with Crippen molar-refractivity contribution in [2.24, 2.45) is 7.05 Å². The molecule has 0 radical (unpaired) electrons. The summed E-state index contributed by atoms with van der Waals surface area (Å²) in [4.78, 5) is 0.232. The number of sulfonamides is 1. The largest absolute Gasteiger partial charge is 0.390 e. The molecule has 108 valence electrons. The molecule has 0 saturated carbocycles. The number of hydrogen-bond acceptors (Lipinski definition) is 4. The summed E-state index contributed by atoms with van der Waals surface area (Å²) in [6.07, 6.45) is 2.30. The van der Waals surface area contributed by atoms with E-state index in [1.807, 2.05) is 6.92 Å². The third-order valence-corrected chi connectivity index (χ3v) is 5.27. The van der Waals surface area contributed by atoms with Gasteiger partial charge in [-0.1, -0.05) is 6.92 Å². The monoisotopic (exact) mass is 288 g/mol. The Balaban J connectivity index is 2.25. The van der Waals surface area contributed by atoms with Gasteiger partial charge in [-0.15, -0.1) is 0 Å². The molecule has 1 aliphatic rings. The summed E-state index contributed by atoms with van der Waals surface area (Å²) in [6.45, 7) is 3.00. The first kappa shape index (κ1) is 14.5. The molecule has 1 fully saturated rings. The van der Waals surface area contributed by atoms with Crippen LogP contribution in [0, 0.1) is 0 Å². The Labute approximate surface area is 113 Å².